The van der Waals surface area contributed by atoms with Crippen LogP contribution >= 0.6 is 23.5 Å². The molecule has 8 heavy (non-hydrogen) atoms. The van der Waals surface area contributed by atoms with Gasteiger partial charge in [-0.15, -0.1) is 23.5 Å². The monoisotopic (exact) mass is 150 g/mol. The van der Waals surface area contributed by atoms with E-state index in [1.54, 1.807) is 23.5 Å². The summed E-state index contributed by atoms with van der Waals surface area (Å²) in [6, 6.07) is 0. The van der Waals surface area contributed by atoms with Crippen molar-refractivity contribution < 1.29 is 5.11 Å². The van der Waals surface area contributed by atoms with Crippen LogP contribution in [0.3, 0.4) is 0 Å². The molecule has 0 unspecified atom stereocenters. The number of hydrogen-bond acceptors (Lipinski definition) is 3. The third-order valence-electron chi connectivity index (χ3n) is 1.03. The molecule has 1 aliphatic heterocycles. The Hall–Kier alpha value is 0.660. The van der Waals surface area contributed by atoms with Crippen LogP contribution in [0.15, 0.2) is 0 Å². The molecule has 0 aromatic carbocycles. The van der Waals surface area contributed by atoms with Gasteiger partial charge in [0.05, 0.1) is 0 Å². The predicted molar refractivity (Wildman–Crippen MR) is 40.2 cm³/mol. The molecule has 0 spiro atoms. The number of hydrogen-bond donors (Lipinski definition) is 1. The van der Waals surface area contributed by atoms with Gasteiger partial charge in [-0.1, -0.05) is 0 Å². The summed E-state index contributed by atoms with van der Waals surface area (Å²) in [6.07, 6.45) is 1.24. The Morgan fingerprint density at radius 3 is 2.12 bits per heavy atom. The minimum atomic E-state index is -0.488. The van der Waals surface area contributed by atoms with Crippen molar-refractivity contribution in [2.45, 2.75) is 17.6 Å². The van der Waals surface area contributed by atoms with Crippen LogP contribution in [0.5, 0.6) is 0 Å². The molecule has 1 rings (SSSR count). The molecule has 0 bridgehead atoms. The van der Waals surface area contributed by atoms with Crippen LogP contribution in [0.2, 0.25) is 0 Å². The quantitative estimate of drug-likeness (QED) is 0.565. The van der Waals surface area contributed by atoms with Gasteiger partial charge in [0.25, 0.3) is 0 Å². The summed E-state index contributed by atoms with van der Waals surface area (Å²) in [4.78, 5) is 0. The maximum atomic E-state index is 9.30. The van der Waals surface area contributed by atoms with Gasteiger partial charge in [0.2, 0.25) is 0 Å². The molecular formula is C5H10OS2. The summed E-state index contributed by atoms with van der Waals surface area (Å²) in [5.41, 5.74) is 0. The zero-order chi connectivity index (χ0) is 6.04. The molecule has 1 saturated heterocycles. The molecular weight excluding hydrogens is 140 g/mol. The molecule has 48 valence electrons. The highest BCUT2D eigenvalue weighted by atomic mass is 32.2. The van der Waals surface area contributed by atoms with Gasteiger partial charge in [-0.05, 0) is 24.9 Å². The molecule has 0 radical (unpaired) electrons. The SMILES string of the molecule is CC1(O)SCCCS1. The summed E-state index contributed by atoms with van der Waals surface area (Å²) >= 11 is 3.28. The second-order valence-electron chi connectivity index (χ2n) is 1.95. The lowest BCUT2D eigenvalue weighted by atomic mass is 10.6. The smallest absolute Gasteiger partial charge is 0.154 e. The van der Waals surface area contributed by atoms with E-state index in [-0.39, 0.29) is 0 Å². The molecule has 1 heterocycles. The van der Waals surface area contributed by atoms with Crippen molar-refractivity contribution >= 4 is 23.5 Å². The van der Waals surface area contributed by atoms with Crippen molar-refractivity contribution in [3.63, 3.8) is 0 Å². The topological polar surface area (TPSA) is 20.2 Å². The highest BCUT2D eigenvalue weighted by molar-refractivity contribution is 8.18. The number of aliphatic hydroxyl groups is 1. The lowest BCUT2D eigenvalue weighted by Gasteiger charge is -2.25. The van der Waals surface area contributed by atoms with Crippen LogP contribution in [0, 0.1) is 0 Å². The van der Waals surface area contributed by atoms with E-state index in [4.69, 9.17) is 0 Å². The van der Waals surface area contributed by atoms with E-state index in [9.17, 15) is 5.11 Å². The number of rotatable bonds is 0. The second kappa shape index (κ2) is 2.50. The molecule has 0 aromatic heterocycles. The maximum Gasteiger partial charge on any atom is 0.154 e. The third-order valence-corrected chi connectivity index (χ3v) is 3.79. The Morgan fingerprint density at radius 2 is 1.88 bits per heavy atom. The maximum absolute atomic E-state index is 9.30. The zero-order valence-electron chi connectivity index (χ0n) is 4.89. The molecule has 0 aliphatic carbocycles. The Bertz CT molecular complexity index is 74.5. The van der Waals surface area contributed by atoms with E-state index in [2.05, 4.69) is 0 Å². The Labute approximate surface area is 58.2 Å². The van der Waals surface area contributed by atoms with Gasteiger partial charge in [-0.3, -0.25) is 0 Å². The molecule has 0 saturated carbocycles. The first-order valence-electron chi connectivity index (χ1n) is 2.71. The largest absolute Gasteiger partial charge is 0.370 e. The average Bonchev–Trinajstić information content (AvgIpc) is 1.65. The van der Waals surface area contributed by atoms with Gasteiger partial charge < -0.3 is 5.11 Å². The molecule has 1 N–H and O–H groups in total. The molecule has 1 nitrogen and oxygen atoms in total. The Balaban J connectivity index is 2.33. The fourth-order valence-electron chi connectivity index (χ4n) is 0.624. The van der Waals surface area contributed by atoms with Gasteiger partial charge >= 0.3 is 0 Å². The standard InChI is InChI=1S/C5H10OS2/c1-5(6)7-3-2-4-8-5/h6H,2-4H2,1H3. The molecule has 0 atom stereocenters. The predicted octanol–water partition coefficient (Wildman–Crippen LogP) is 1.52. The van der Waals surface area contributed by atoms with Crippen LogP contribution < -0.4 is 0 Å². The normalized spacial score (nSPS) is 27.8. The van der Waals surface area contributed by atoms with Crippen molar-refractivity contribution in [2.75, 3.05) is 11.5 Å². The summed E-state index contributed by atoms with van der Waals surface area (Å²) in [7, 11) is 0. The molecule has 1 aliphatic rings. The van der Waals surface area contributed by atoms with Crippen molar-refractivity contribution in [2.24, 2.45) is 0 Å². The first-order chi connectivity index (χ1) is 3.71. The minimum absolute atomic E-state index is 0.488. The van der Waals surface area contributed by atoms with Crippen molar-refractivity contribution in [3.8, 4) is 0 Å². The summed E-state index contributed by atoms with van der Waals surface area (Å²) in [5.74, 6) is 2.22. The Morgan fingerprint density at radius 1 is 1.38 bits per heavy atom. The third kappa shape index (κ3) is 1.88. The van der Waals surface area contributed by atoms with Crippen LogP contribution in [0.25, 0.3) is 0 Å². The highest BCUT2D eigenvalue weighted by Crippen LogP contribution is 2.38. The van der Waals surface area contributed by atoms with Crippen molar-refractivity contribution in [1.82, 2.24) is 0 Å². The summed E-state index contributed by atoms with van der Waals surface area (Å²) < 4.78 is -0.488. The van der Waals surface area contributed by atoms with E-state index < -0.39 is 4.27 Å². The Kier molecular flexibility index (Phi) is 2.12. The van der Waals surface area contributed by atoms with E-state index in [1.807, 2.05) is 6.92 Å². The second-order valence-corrected chi connectivity index (χ2v) is 5.19. The highest BCUT2D eigenvalue weighted by Gasteiger charge is 2.23. The molecule has 1 fully saturated rings. The fourth-order valence-corrected chi connectivity index (χ4v) is 2.97. The molecule has 0 amide bonds. The average molecular weight is 150 g/mol. The van der Waals surface area contributed by atoms with Gasteiger partial charge in [0.15, 0.2) is 4.27 Å². The summed E-state index contributed by atoms with van der Waals surface area (Å²) in [5, 5.41) is 9.30. The number of thioether (sulfide) groups is 2. The fraction of sp³-hybridized carbons (Fsp3) is 1.00. The molecule has 0 aromatic rings. The van der Waals surface area contributed by atoms with Crippen LogP contribution in [0.1, 0.15) is 13.3 Å². The summed E-state index contributed by atoms with van der Waals surface area (Å²) in [6.45, 7) is 1.86. The lowest BCUT2D eigenvalue weighted by Crippen LogP contribution is -2.19. The van der Waals surface area contributed by atoms with Crippen molar-refractivity contribution in [3.05, 3.63) is 0 Å². The van der Waals surface area contributed by atoms with E-state index in [1.165, 1.54) is 6.42 Å². The van der Waals surface area contributed by atoms with E-state index in [0.717, 1.165) is 11.5 Å². The first-order valence-corrected chi connectivity index (χ1v) is 4.68. The lowest BCUT2D eigenvalue weighted by molar-refractivity contribution is 0.250. The zero-order valence-corrected chi connectivity index (χ0v) is 6.52. The van der Waals surface area contributed by atoms with Gasteiger partial charge in [-0.25, -0.2) is 0 Å². The van der Waals surface area contributed by atoms with Crippen LogP contribution in [-0.2, 0) is 0 Å². The van der Waals surface area contributed by atoms with Gasteiger partial charge in [0.1, 0.15) is 0 Å². The van der Waals surface area contributed by atoms with Gasteiger partial charge in [0, 0.05) is 0 Å². The molecule has 3 heteroatoms. The minimum Gasteiger partial charge on any atom is -0.370 e. The van der Waals surface area contributed by atoms with E-state index >= 15 is 0 Å². The van der Waals surface area contributed by atoms with Crippen LogP contribution in [-0.4, -0.2) is 20.9 Å². The van der Waals surface area contributed by atoms with Crippen LogP contribution in [0.4, 0.5) is 0 Å². The van der Waals surface area contributed by atoms with Gasteiger partial charge in [-0.2, -0.15) is 0 Å². The first kappa shape index (κ1) is 6.78. The van der Waals surface area contributed by atoms with E-state index in [0.29, 0.717) is 0 Å². The van der Waals surface area contributed by atoms with Crippen molar-refractivity contribution in [1.29, 1.82) is 0 Å².